The van der Waals surface area contributed by atoms with E-state index in [0.29, 0.717) is 13.0 Å². The third-order valence-corrected chi connectivity index (χ3v) is 1.64. The summed E-state index contributed by atoms with van der Waals surface area (Å²) in [6.07, 6.45) is 4.90. The average molecular weight is 230 g/mol. The van der Waals surface area contributed by atoms with E-state index in [0.717, 1.165) is 25.8 Å². The predicted molar refractivity (Wildman–Crippen MR) is 68.6 cm³/mol. The minimum absolute atomic E-state index is 0.130. The van der Waals surface area contributed by atoms with Gasteiger partial charge in [0.1, 0.15) is 6.61 Å². The Hall–Kier alpha value is -1.06. The Labute approximate surface area is 99.4 Å². The van der Waals surface area contributed by atoms with Gasteiger partial charge in [-0.1, -0.05) is 25.9 Å². The van der Waals surface area contributed by atoms with Gasteiger partial charge in [0.15, 0.2) is 0 Å². The highest BCUT2D eigenvalue weighted by Crippen LogP contribution is 1.96. The molecule has 0 bridgehead atoms. The molecule has 0 aliphatic carbocycles. The Balaban J connectivity index is 0. The van der Waals surface area contributed by atoms with Gasteiger partial charge in [0, 0.05) is 19.2 Å². The van der Waals surface area contributed by atoms with Crippen molar-refractivity contribution in [2.75, 3.05) is 13.2 Å². The summed E-state index contributed by atoms with van der Waals surface area (Å²) >= 11 is 0. The van der Waals surface area contributed by atoms with Crippen molar-refractivity contribution in [3.8, 4) is 0 Å². The number of nitrogens with zero attached hydrogens (tertiary/aromatic N) is 1. The number of carbonyl (C=O) groups is 1. The van der Waals surface area contributed by atoms with Crippen LogP contribution in [0, 0.1) is 0 Å². The molecule has 0 saturated carbocycles. The Morgan fingerprint density at radius 3 is 2.62 bits per heavy atom. The van der Waals surface area contributed by atoms with E-state index < -0.39 is 0 Å². The molecule has 0 aromatic rings. The van der Waals surface area contributed by atoms with Crippen LogP contribution in [-0.2, 0) is 9.63 Å². The standard InChI is InChI=1S/C10H20N2O2.C2H6/c1-3-8-11-10(13)7-5-6-9-14-12-4-2;1-2/h4H,3,5-9H2,1-2H3,(H,11,13);1-2H3/b12-4-;. The average Bonchev–Trinajstić information content (AvgIpc) is 2.33. The SMILES string of the molecule is C/C=N\OCCCCC(=O)NCCC.CC. The largest absolute Gasteiger partial charge is 0.396 e. The number of hydrogen-bond acceptors (Lipinski definition) is 3. The van der Waals surface area contributed by atoms with Crippen molar-refractivity contribution < 1.29 is 9.63 Å². The quantitative estimate of drug-likeness (QED) is 0.396. The van der Waals surface area contributed by atoms with Crippen LogP contribution < -0.4 is 5.32 Å². The molecule has 0 aliphatic rings. The highest BCUT2D eigenvalue weighted by Gasteiger charge is 1.98. The molecule has 1 amide bonds. The second-order valence-corrected chi connectivity index (χ2v) is 3.00. The smallest absolute Gasteiger partial charge is 0.219 e. The van der Waals surface area contributed by atoms with Gasteiger partial charge in [0.25, 0.3) is 0 Å². The fourth-order valence-electron chi connectivity index (χ4n) is 0.932. The summed E-state index contributed by atoms with van der Waals surface area (Å²) in [4.78, 5) is 16.0. The van der Waals surface area contributed by atoms with Gasteiger partial charge in [-0.05, 0) is 26.2 Å². The Kier molecular flexibility index (Phi) is 17.7. The zero-order valence-electron chi connectivity index (χ0n) is 11.1. The number of hydrogen-bond donors (Lipinski definition) is 1. The lowest BCUT2D eigenvalue weighted by molar-refractivity contribution is -0.121. The summed E-state index contributed by atoms with van der Waals surface area (Å²) in [5, 5.41) is 6.44. The van der Waals surface area contributed by atoms with E-state index in [4.69, 9.17) is 4.84 Å². The summed E-state index contributed by atoms with van der Waals surface area (Å²) in [7, 11) is 0. The van der Waals surface area contributed by atoms with Crippen LogP contribution in [0.5, 0.6) is 0 Å². The topological polar surface area (TPSA) is 50.7 Å². The fraction of sp³-hybridized carbons (Fsp3) is 0.833. The molecule has 96 valence electrons. The van der Waals surface area contributed by atoms with Crippen LogP contribution in [0.2, 0.25) is 0 Å². The summed E-state index contributed by atoms with van der Waals surface area (Å²) in [6, 6.07) is 0. The first-order valence-corrected chi connectivity index (χ1v) is 6.18. The summed E-state index contributed by atoms with van der Waals surface area (Å²) < 4.78 is 0. The number of oxime groups is 1. The third-order valence-electron chi connectivity index (χ3n) is 1.64. The third kappa shape index (κ3) is 15.4. The number of unbranched alkanes of at least 4 members (excludes halogenated alkanes) is 1. The van der Waals surface area contributed by atoms with E-state index in [-0.39, 0.29) is 5.91 Å². The van der Waals surface area contributed by atoms with Crippen LogP contribution in [0.3, 0.4) is 0 Å². The maximum Gasteiger partial charge on any atom is 0.219 e. The number of nitrogens with one attached hydrogen (secondary N) is 1. The zero-order chi connectivity index (χ0) is 12.6. The molecule has 16 heavy (non-hydrogen) atoms. The summed E-state index contributed by atoms with van der Waals surface area (Å²) in [5.41, 5.74) is 0. The van der Waals surface area contributed by atoms with Crippen molar-refractivity contribution in [1.82, 2.24) is 5.32 Å². The van der Waals surface area contributed by atoms with Crippen molar-refractivity contribution >= 4 is 12.1 Å². The molecular formula is C12H26N2O2. The van der Waals surface area contributed by atoms with E-state index in [1.54, 1.807) is 13.1 Å². The minimum Gasteiger partial charge on any atom is -0.396 e. The Morgan fingerprint density at radius 2 is 2.06 bits per heavy atom. The van der Waals surface area contributed by atoms with Gasteiger partial charge in [-0.3, -0.25) is 4.79 Å². The first-order valence-electron chi connectivity index (χ1n) is 6.18. The minimum atomic E-state index is 0.130. The molecule has 0 atom stereocenters. The normalized spacial score (nSPS) is 9.50. The van der Waals surface area contributed by atoms with E-state index >= 15 is 0 Å². The fourth-order valence-corrected chi connectivity index (χ4v) is 0.932. The molecule has 0 heterocycles. The molecular weight excluding hydrogens is 204 g/mol. The maximum absolute atomic E-state index is 11.1. The molecule has 0 spiro atoms. The number of carbonyl (C=O) groups excluding carboxylic acids is 1. The van der Waals surface area contributed by atoms with Crippen LogP contribution in [0.4, 0.5) is 0 Å². The monoisotopic (exact) mass is 230 g/mol. The van der Waals surface area contributed by atoms with Crippen molar-refractivity contribution in [1.29, 1.82) is 0 Å². The summed E-state index contributed by atoms with van der Waals surface area (Å²) in [5.74, 6) is 0.130. The molecule has 0 fully saturated rings. The maximum atomic E-state index is 11.1. The molecule has 4 heteroatoms. The van der Waals surface area contributed by atoms with Crippen molar-refractivity contribution in [3.05, 3.63) is 0 Å². The van der Waals surface area contributed by atoms with Crippen LogP contribution >= 0.6 is 0 Å². The molecule has 0 radical (unpaired) electrons. The van der Waals surface area contributed by atoms with Crippen molar-refractivity contribution in [3.63, 3.8) is 0 Å². The van der Waals surface area contributed by atoms with E-state index in [1.165, 1.54) is 0 Å². The molecule has 0 saturated heterocycles. The number of rotatable bonds is 8. The van der Waals surface area contributed by atoms with Gasteiger partial charge in [0.2, 0.25) is 5.91 Å². The molecule has 0 aliphatic heterocycles. The lowest BCUT2D eigenvalue weighted by Crippen LogP contribution is -2.23. The second-order valence-electron chi connectivity index (χ2n) is 3.00. The Bertz CT molecular complexity index is 170. The van der Waals surface area contributed by atoms with Gasteiger partial charge in [-0.2, -0.15) is 0 Å². The molecule has 4 nitrogen and oxygen atoms in total. The lowest BCUT2D eigenvalue weighted by Gasteiger charge is -2.02. The van der Waals surface area contributed by atoms with Crippen molar-refractivity contribution in [2.45, 2.75) is 53.4 Å². The van der Waals surface area contributed by atoms with E-state index in [9.17, 15) is 4.79 Å². The molecule has 1 N–H and O–H groups in total. The highest BCUT2D eigenvalue weighted by molar-refractivity contribution is 5.75. The molecule has 0 unspecified atom stereocenters. The van der Waals surface area contributed by atoms with Crippen LogP contribution in [0.1, 0.15) is 53.4 Å². The van der Waals surface area contributed by atoms with Crippen LogP contribution in [0.25, 0.3) is 0 Å². The van der Waals surface area contributed by atoms with Gasteiger partial charge in [-0.25, -0.2) is 0 Å². The zero-order valence-corrected chi connectivity index (χ0v) is 11.1. The predicted octanol–water partition coefficient (Wildman–Crippen LogP) is 2.73. The number of amides is 1. The van der Waals surface area contributed by atoms with Crippen LogP contribution in [-0.4, -0.2) is 25.3 Å². The molecule has 0 aromatic heterocycles. The Morgan fingerprint density at radius 1 is 1.38 bits per heavy atom. The second kappa shape index (κ2) is 16.4. The van der Waals surface area contributed by atoms with Crippen molar-refractivity contribution in [2.24, 2.45) is 5.16 Å². The van der Waals surface area contributed by atoms with E-state index in [2.05, 4.69) is 10.5 Å². The lowest BCUT2D eigenvalue weighted by atomic mass is 10.2. The molecule has 0 aromatic carbocycles. The van der Waals surface area contributed by atoms with E-state index in [1.807, 2.05) is 20.8 Å². The van der Waals surface area contributed by atoms with Gasteiger partial charge in [-0.15, -0.1) is 0 Å². The van der Waals surface area contributed by atoms with Gasteiger partial charge < -0.3 is 10.2 Å². The highest BCUT2D eigenvalue weighted by atomic mass is 16.6. The molecule has 0 rings (SSSR count). The first kappa shape index (κ1) is 17.3. The van der Waals surface area contributed by atoms with Gasteiger partial charge in [0.05, 0.1) is 0 Å². The van der Waals surface area contributed by atoms with Crippen LogP contribution in [0.15, 0.2) is 5.16 Å². The summed E-state index contributed by atoms with van der Waals surface area (Å²) in [6.45, 7) is 9.20. The van der Waals surface area contributed by atoms with Gasteiger partial charge >= 0.3 is 0 Å². The first-order chi connectivity index (χ1) is 7.81.